The van der Waals surface area contributed by atoms with Crippen LogP contribution in [0.3, 0.4) is 0 Å². The number of para-hydroxylation sites is 1. The molecule has 0 N–H and O–H groups in total. The summed E-state index contributed by atoms with van der Waals surface area (Å²) in [7, 11) is 0. The zero-order chi connectivity index (χ0) is 19.1. The first-order valence-corrected chi connectivity index (χ1v) is 9.90. The van der Waals surface area contributed by atoms with E-state index in [-0.39, 0.29) is 17.8 Å². The Balaban J connectivity index is 1.49. The van der Waals surface area contributed by atoms with Crippen molar-refractivity contribution in [3.05, 3.63) is 83.4 Å². The first-order chi connectivity index (χ1) is 13.7. The van der Waals surface area contributed by atoms with Crippen LogP contribution in [0.25, 0.3) is 5.69 Å². The summed E-state index contributed by atoms with van der Waals surface area (Å²) in [4.78, 5) is 15.5. The fourth-order valence-corrected chi connectivity index (χ4v) is 3.58. The molecule has 1 amide bonds. The molecule has 0 unspecified atom stereocenters. The van der Waals surface area contributed by atoms with Gasteiger partial charge in [-0.05, 0) is 61.6 Å². The minimum atomic E-state index is -0.260. The average molecular weight is 375 g/mol. The maximum atomic E-state index is 13.5. The Hall–Kier alpha value is -2.95. The van der Waals surface area contributed by atoms with Gasteiger partial charge in [0.15, 0.2) is 0 Å². The van der Waals surface area contributed by atoms with Crippen LogP contribution >= 0.6 is 0 Å². The van der Waals surface area contributed by atoms with Crippen LogP contribution < -0.4 is 0 Å². The third-order valence-corrected chi connectivity index (χ3v) is 5.46. The van der Waals surface area contributed by atoms with E-state index in [0.29, 0.717) is 18.2 Å². The molecule has 4 nitrogen and oxygen atoms in total. The molecule has 142 valence electrons. The molecule has 2 saturated carbocycles. The van der Waals surface area contributed by atoms with Crippen LogP contribution in [0, 0.1) is 5.82 Å². The van der Waals surface area contributed by atoms with Crippen LogP contribution in [0.1, 0.15) is 53.3 Å². The number of carbonyl (C=O) groups is 1. The van der Waals surface area contributed by atoms with E-state index in [0.717, 1.165) is 42.6 Å². The number of nitrogens with zero attached hydrogens (tertiary/aromatic N) is 3. The second-order valence-corrected chi connectivity index (χ2v) is 7.77. The van der Waals surface area contributed by atoms with Crippen LogP contribution in [-0.2, 0) is 6.54 Å². The van der Waals surface area contributed by atoms with Crippen molar-refractivity contribution in [2.45, 2.75) is 44.2 Å². The number of hydrogen-bond acceptors (Lipinski definition) is 2. The largest absolute Gasteiger partial charge is 0.330 e. The molecule has 0 saturated heterocycles. The van der Waals surface area contributed by atoms with Crippen molar-refractivity contribution >= 4 is 5.91 Å². The van der Waals surface area contributed by atoms with Crippen molar-refractivity contribution in [3.63, 3.8) is 0 Å². The molecule has 28 heavy (non-hydrogen) atoms. The lowest BCUT2D eigenvalue weighted by Crippen LogP contribution is -2.34. The lowest BCUT2D eigenvalue weighted by atomic mass is 10.2. The Kier molecular flexibility index (Phi) is 4.23. The monoisotopic (exact) mass is 375 g/mol. The molecule has 2 aromatic carbocycles. The van der Waals surface area contributed by atoms with Crippen LogP contribution in [-0.4, -0.2) is 26.6 Å². The quantitative estimate of drug-likeness (QED) is 0.627. The van der Waals surface area contributed by atoms with Crippen molar-refractivity contribution in [2.75, 3.05) is 0 Å². The molecule has 2 fully saturated rings. The molecule has 3 aromatic rings. The third kappa shape index (κ3) is 3.44. The summed E-state index contributed by atoms with van der Waals surface area (Å²) in [5, 5.41) is 4.76. The molecule has 0 aliphatic heterocycles. The van der Waals surface area contributed by atoms with E-state index < -0.39 is 0 Å². The Morgan fingerprint density at radius 3 is 2.39 bits per heavy atom. The van der Waals surface area contributed by atoms with Gasteiger partial charge in [0.2, 0.25) is 0 Å². The number of halogens is 1. The molecule has 5 heteroatoms. The van der Waals surface area contributed by atoms with Gasteiger partial charge in [0.25, 0.3) is 5.91 Å². The third-order valence-electron chi connectivity index (χ3n) is 5.46. The molecule has 0 radical (unpaired) electrons. The number of benzene rings is 2. The minimum absolute atomic E-state index is 0.00456. The maximum absolute atomic E-state index is 13.5. The topological polar surface area (TPSA) is 38.1 Å². The molecular weight excluding hydrogens is 353 g/mol. The summed E-state index contributed by atoms with van der Waals surface area (Å²) in [6.07, 6.45) is 4.31. The average Bonchev–Trinajstić information content (AvgIpc) is 3.66. The van der Waals surface area contributed by atoms with Crippen molar-refractivity contribution in [1.29, 1.82) is 0 Å². The van der Waals surface area contributed by atoms with Gasteiger partial charge in [-0.1, -0.05) is 30.3 Å². The molecule has 5 rings (SSSR count). The van der Waals surface area contributed by atoms with Gasteiger partial charge < -0.3 is 4.90 Å². The predicted molar refractivity (Wildman–Crippen MR) is 105 cm³/mol. The smallest absolute Gasteiger partial charge is 0.273 e. The van der Waals surface area contributed by atoms with Gasteiger partial charge in [0.05, 0.1) is 11.4 Å². The lowest BCUT2D eigenvalue weighted by molar-refractivity contribution is 0.0720. The number of aromatic nitrogens is 2. The van der Waals surface area contributed by atoms with Crippen LogP contribution in [0.4, 0.5) is 4.39 Å². The van der Waals surface area contributed by atoms with Gasteiger partial charge in [-0.3, -0.25) is 4.79 Å². The Labute approximate surface area is 163 Å². The highest BCUT2D eigenvalue weighted by Gasteiger charge is 2.36. The summed E-state index contributed by atoms with van der Waals surface area (Å²) in [5.41, 5.74) is 3.46. The Morgan fingerprint density at radius 2 is 1.75 bits per heavy atom. The van der Waals surface area contributed by atoms with E-state index in [4.69, 9.17) is 5.10 Å². The number of carbonyl (C=O) groups excluding carboxylic acids is 1. The van der Waals surface area contributed by atoms with E-state index >= 15 is 0 Å². The molecule has 0 bridgehead atoms. The van der Waals surface area contributed by atoms with Crippen molar-refractivity contribution in [1.82, 2.24) is 14.7 Å². The van der Waals surface area contributed by atoms with E-state index in [1.54, 1.807) is 16.8 Å². The van der Waals surface area contributed by atoms with E-state index in [1.165, 1.54) is 12.1 Å². The highest BCUT2D eigenvalue weighted by atomic mass is 19.1. The van der Waals surface area contributed by atoms with Crippen LogP contribution in [0.15, 0.2) is 60.7 Å². The number of rotatable bonds is 6. The SMILES string of the molecule is O=C(c1cc(C2CC2)nn1-c1ccccc1)N(Cc1ccc(F)cc1)C1CC1. The molecule has 0 atom stereocenters. The Bertz CT molecular complexity index is 988. The first kappa shape index (κ1) is 17.2. The van der Waals surface area contributed by atoms with Gasteiger partial charge in [0.1, 0.15) is 11.5 Å². The highest BCUT2D eigenvalue weighted by Crippen LogP contribution is 2.40. The van der Waals surface area contributed by atoms with E-state index in [9.17, 15) is 9.18 Å². The zero-order valence-electron chi connectivity index (χ0n) is 15.6. The second kappa shape index (κ2) is 6.89. The number of amides is 1. The summed E-state index contributed by atoms with van der Waals surface area (Å²) in [6, 6.07) is 18.4. The fourth-order valence-electron chi connectivity index (χ4n) is 3.58. The summed E-state index contributed by atoms with van der Waals surface area (Å²) in [6.45, 7) is 0.489. The standard InChI is InChI=1S/C23H22FN3O/c24-18-10-6-16(7-11-18)15-26(19-12-13-19)23(28)22-14-21(17-8-9-17)25-27(22)20-4-2-1-3-5-20/h1-7,10-11,14,17,19H,8-9,12-13,15H2. The molecule has 0 spiro atoms. The van der Waals surface area contributed by atoms with Gasteiger partial charge in [-0.25, -0.2) is 9.07 Å². The van der Waals surface area contributed by atoms with Crippen molar-refractivity contribution in [3.8, 4) is 5.69 Å². The normalized spacial score (nSPS) is 16.2. The molecule has 1 heterocycles. The fraction of sp³-hybridized carbons (Fsp3) is 0.304. The zero-order valence-corrected chi connectivity index (χ0v) is 15.6. The molecule has 2 aliphatic carbocycles. The summed E-state index contributed by atoms with van der Waals surface area (Å²) in [5.74, 6) is 0.211. The minimum Gasteiger partial charge on any atom is -0.330 e. The van der Waals surface area contributed by atoms with Crippen LogP contribution in [0.5, 0.6) is 0 Å². The second-order valence-electron chi connectivity index (χ2n) is 7.77. The van der Waals surface area contributed by atoms with E-state index in [2.05, 4.69) is 0 Å². The van der Waals surface area contributed by atoms with Gasteiger partial charge >= 0.3 is 0 Å². The first-order valence-electron chi connectivity index (χ1n) is 9.90. The van der Waals surface area contributed by atoms with Gasteiger partial charge in [-0.2, -0.15) is 5.10 Å². The molecule has 1 aromatic heterocycles. The predicted octanol–water partition coefficient (Wildman–Crippen LogP) is 4.69. The molecular formula is C23H22FN3O. The summed E-state index contributed by atoms with van der Waals surface area (Å²) >= 11 is 0. The van der Waals surface area contributed by atoms with Crippen molar-refractivity contribution in [2.24, 2.45) is 0 Å². The molecule has 2 aliphatic rings. The van der Waals surface area contributed by atoms with Crippen LogP contribution in [0.2, 0.25) is 0 Å². The van der Waals surface area contributed by atoms with E-state index in [1.807, 2.05) is 41.3 Å². The Morgan fingerprint density at radius 1 is 1.04 bits per heavy atom. The van der Waals surface area contributed by atoms with Gasteiger partial charge in [-0.15, -0.1) is 0 Å². The van der Waals surface area contributed by atoms with Crippen molar-refractivity contribution < 1.29 is 9.18 Å². The maximum Gasteiger partial charge on any atom is 0.273 e. The highest BCUT2D eigenvalue weighted by molar-refractivity contribution is 5.93. The number of hydrogen-bond donors (Lipinski definition) is 0. The van der Waals surface area contributed by atoms with Gasteiger partial charge in [0, 0.05) is 18.5 Å². The lowest BCUT2D eigenvalue weighted by Gasteiger charge is -2.23. The summed E-state index contributed by atoms with van der Waals surface area (Å²) < 4.78 is 15.0.